The number of esters is 1. The first-order valence-corrected chi connectivity index (χ1v) is 5.65. The summed E-state index contributed by atoms with van der Waals surface area (Å²) >= 11 is 0. The summed E-state index contributed by atoms with van der Waals surface area (Å²) < 4.78 is 42.9. The molecule has 1 saturated heterocycles. The molecule has 1 unspecified atom stereocenters. The summed E-state index contributed by atoms with van der Waals surface area (Å²) in [5, 5.41) is 8.73. The van der Waals surface area contributed by atoms with E-state index in [1.54, 1.807) is 0 Å². The van der Waals surface area contributed by atoms with Gasteiger partial charge in [0.05, 0.1) is 18.6 Å². The van der Waals surface area contributed by atoms with Gasteiger partial charge in [-0.3, -0.25) is 9.59 Å². The van der Waals surface area contributed by atoms with Gasteiger partial charge in [-0.25, -0.2) is 4.79 Å². The quantitative estimate of drug-likeness (QED) is 0.616. The van der Waals surface area contributed by atoms with Crippen molar-refractivity contribution in [3.63, 3.8) is 0 Å². The van der Waals surface area contributed by atoms with E-state index in [0.29, 0.717) is 0 Å². The topological polar surface area (TPSA) is 83.9 Å². The van der Waals surface area contributed by atoms with E-state index in [2.05, 4.69) is 4.74 Å². The normalized spacial score (nSPS) is 20.2. The van der Waals surface area contributed by atoms with Crippen LogP contribution in [0.4, 0.5) is 13.2 Å². The van der Waals surface area contributed by atoms with Crippen molar-refractivity contribution in [1.29, 1.82) is 0 Å². The van der Waals surface area contributed by atoms with Crippen LogP contribution in [0.2, 0.25) is 0 Å². The van der Waals surface area contributed by atoms with E-state index in [0.717, 1.165) is 0 Å². The fourth-order valence-corrected chi connectivity index (χ4v) is 1.71. The van der Waals surface area contributed by atoms with E-state index in [-0.39, 0.29) is 17.6 Å². The molecule has 1 aliphatic rings. The largest absolute Gasteiger partial charge is 0.481 e. The molecule has 1 N–H and O–H groups in total. The minimum Gasteiger partial charge on any atom is -0.481 e. The Morgan fingerprint density at radius 1 is 1.50 bits per heavy atom. The molecule has 1 atom stereocenters. The van der Waals surface area contributed by atoms with E-state index >= 15 is 0 Å². The summed E-state index contributed by atoms with van der Waals surface area (Å²) in [5.41, 5.74) is -1.51. The number of allylic oxidation sites excluding steroid dienone is 1. The van der Waals surface area contributed by atoms with Crippen LogP contribution in [-0.2, 0) is 19.1 Å². The van der Waals surface area contributed by atoms with E-state index < -0.39 is 48.6 Å². The van der Waals surface area contributed by atoms with Gasteiger partial charge in [0, 0.05) is 13.0 Å². The van der Waals surface area contributed by atoms with Crippen molar-refractivity contribution in [3.8, 4) is 0 Å². The minimum atomic E-state index is -4.96. The third-order valence-electron chi connectivity index (χ3n) is 2.60. The van der Waals surface area contributed by atoms with Crippen molar-refractivity contribution >= 4 is 17.8 Å². The molecule has 0 aromatic carbocycles. The van der Waals surface area contributed by atoms with Gasteiger partial charge in [0.25, 0.3) is 0 Å². The first-order chi connectivity index (χ1) is 9.16. The third-order valence-corrected chi connectivity index (χ3v) is 2.60. The van der Waals surface area contributed by atoms with Crippen molar-refractivity contribution in [1.82, 2.24) is 4.90 Å². The fourth-order valence-electron chi connectivity index (χ4n) is 1.71. The molecule has 20 heavy (non-hydrogen) atoms. The van der Waals surface area contributed by atoms with Crippen LogP contribution in [0.15, 0.2) is 11.8 Å². The van der Waals surface area contributed by atoms with Gasteiger partial charge in [0.15, 0.2) is 0 Å². The van der Waals surface area contributed by atoms with Gasteiger partial charge >= 0.3 is 18.1 Å². The number of halogens is 3. The SMILES string of the molecule is CCOC(=O)C=C(N1CC(C(=O)O)CC1=O)C(F)(F)F. The maximum Gasteiger partial charge on any atom is 0.431 e. The molecule has 0 aliphatic carbocycles. The second-order valence-corrected chi connectivity index (χ2v) is 4.02. The molecule has 0 bridgehead atoms. The first-order valence-electron chi connectivity index (χ1n) is 5.65. The highest BCUT2D eigenvalue weighted by atomic mass is 19.4. The summed E-state index contributed by atoms with van der Waals surface area (Å²) in [6, 6.07) is 0. The molecule has 0 aromatic rings. The van der Waals surface area contributed by atoms with E-state index in [1.165, 1.54) is 6.92 Å². The Bertz CT molecular complexity index is 457. The van der Waals surface area contributed by atoms with E-state index in [4.69, 9.17) is 5.11 Å². The number of amides is 1. The average Bonchev–Trinajstić information content (AvgIpc) is 2.67. The van der Waals surface area contributed by atoms with Crippen LogP contribution in [0.5, 0.6) is 0 Å². The molecule has 1 amide bonds. The Hall–Kier alpha value is -2.06. The molecule has 0 aromatic heterocycles. The lowest BCUT2D eigenvalue weighted by atomic mass is 10.1. The van der Waals surface area contributed by atoms with Crippen LogP contribution in [-0.4, -0.2) is 47.2 Å². The second kappa shape index (κ2) is 5.93. The number of carbonyl (C=O) groups is 3. The molecule has 1 fully saturated rings. The molecule has 1 aliphatic heterocycles. The Morgan fingerprint density at radius 3 is 2.50 bits per heavy atom. The number of carboxylic acid groups (broad SMARTS) is 1. The van der Waals surface area contributed by atoms with Crippen LogP contribution in [0.3, 0.4) is 0 Å². The van der Waals surface area contributed by atoms with Gasteiger partial charge < -0.3 is 14.7 Å². The number of rotatable bonds is 4. The van der Waals surface area contributed by atoms with Crippen molar-refractivity contribution in [2.45, 2.75) is 19.5 Å². The van der Waals surface area contributed by atoms with Crippen LogP contribution < -0.4 is 0 Å². The van der Waals surface area contributed by atoms with Crippen LogP contribution in [0.25, 0.3) is 0 Å². The van der Waals surface area contributed by atoms with Gasteiger partial charge in [0.1, 0.15) is 5.70 Å². The lowest BCUT2D eigenvalue weighted by molar-refractivity contribution is -0.142. The van der Waals surface area contributed by atoms with Crippen molar-refractivity contribution in [2.75, 3.05) is 13.2 Å². The zero-order valence-electron chi connectivity index (χ0n) is 10.4. The molecular formula is C11H12F3NO5. The maximum atomic E-state index is 12.9. The predicted molar refractivity (Wildman–Crippen MR) is 58.2 cm³/mol. The number of nitrogens with zero attached hydrogens (tertiary/aromatic N) is 1. The summed E-state index contributed by atoms with van der Waals surface area (Å²) in [7, 11) is 0. The molecule has 0 radical (unpaired) electrons. The molecule has 1 heterocycles. The van der Waals surface area contributed by atoms with Crippen molar-refractivity contribution in [2.24, 2.45) is 5.92 Å². The molecule has 9 heteroatoms. The van der Waals surface area contributed by atoms with Gasteiger partial charge in [0.2, 0.25) is 5.91 Å². The highest BCUT2D eigenvalue weighted by molar-refractivity contribution is 5.89. The summed E-state index contributed by atoms with van der Waals surface area (Å²) in [6.45, 7) is 0.672. The van der Waals surface area contributed by atoms with Gasteiger partial charge in [-0.15, -0.1) is 0 Å². The lowest BCUT2D eigenvalue weighted by Crippen LogP contribution is -2.34. The van der Waals surface area contributed by atoms with E-state index in [1.807, 2.05) is 0 Å². The molecular weight excluding hydrogens is 283 g/mol. The highest BCUT2D eigenvalue weighted by Gasteiger charge is 2.46. The Morgan fingerprint density at radius 2 is 2.10 bits per heavy atom. The Balaban J connectivity index is 3.04. The standard InChI is InChI=1S/C11H12F3NO5/c1-2-20-9(17)4-7(11(12,13)14)15-5-6(10(18)19)3-8(15)16/h4,6H,2-3,5H2,1H3,(H,18,19). The van der Waals surface area contributed by atoms with Gasteiger partial charge in [-0.05, 0) is 6.92 Å². The molecule has 6 nitrogen and oxygen atoms in total. The van der Waals surface area contributed by atoms with Crippen LogP contribution >= 0.6 is 0 Å². The highest BCUT2D eigenvalue weighted by Crippen LogP contribution is 2.33. The zero-order chi connectivity index (χ0) is 15.5. The minimum absolute atomic E-state index is 0.119. The van der Waals surface area contributed by atoms with Gasteiger partial charge in [-0.2, -0.15) is 13.2 Å². The molecule has 0 spiro atoms. The van der Waals surface area contributed by atoms with Gasteiger partial charge in [-0.1, -0.05) is 0 Å². The lowest BCUT2D eigenvalue weighted by Gasteiger charge is -2.21. The molecule has 112 valence electrons. The Labute approximate surface area is 111 Å². The smallest absolute Gasteiger partial charge is 0.431 e. The first kappa shape index (κ1) is 16.0. The number of likely N-dealkylation sites (tertiary alicyclic amines) is 1. The summed E-state index contributed by atoms with van der Waals surface area (Å²) in [5.74, 6) is -4.83. The number of carbonyl (C=O) groups excluding carboxylic acids is 2. The number of hydrogen-bond donors (Lipinski definition) is 1. The van der Waals surface area contributed by atoms with Crippen LogP contribution in [0, 0.1) is 5.92 Å². The average molecular weight is 295 g/mol. The number of ether oxygens (including phenoxy) is 1. The number of carboxylic acids is 1. The molecule has 0 saturated carbocycles. The van der Waals surface area contributed by atoms with Crippen molar-refractivity contribution in [3.05, 3.63) is 11.8 Å². The fraction of sp³-hybridized carbons (Fsp3) is 0.545. The Kier molecular flexibility index (Phi) is 4.74. The molecule has 1 rings (SSSR count). The van der Waals surface area contributed by atoms with Crippen molar-refractivity contribution < 1.29 is 37.4 Å². The van der Waals surface area contributed by atoms with E-state index in [9.17, 15) is 27.6 Å². The van der Waals surface area contributed by atoms with Crippen LogP contribution in [0.1, 0.15) is 13.3 Å². The third kappa shape index (κ3) is 3.72. The number of aliphatic carboxylic acids is 1. The summed E-state index contributed by atoms with van der Waals surface area (Å²) in [6.07, 6.45) is -5.34. The maximum absolute atomic E-state index is 12.9. The monoisotopic (exact) mass is 295 g/mol. The number of hydrogen-bond acceptors (Lipinski definition) is 4. The number of alkyl halides is 3. The summed E-state index contributed by atoms with van der Waals surface area (Å²) in [4.78, 5) is 33.6. The second-order valence-electron chi connectivity index (χ2n) is 4.02. The zero-order valence-corrected chi connectivity index (χ0v) is 10.4. The predicted octanol–water partition coefficient (Wildman–Crippen LogP) is 0.929.